The highest BCUT2D eigenvalue weighted by atomic mass is 16.5. The lowest BCUT2D eigenvalue weighted by atomic mass is 10.1. The fourth-order valence-corrected chi connectivity index (χ4v) is 1.57. The quantitative estimate of drug-likeness (QED) is 0.773. The molecule has 0 fully saturated rings. The smallest absolute Gasteiger partial charge is 0.142 e. The van der Waals surface area contributed by atoms with Gasteiger partial charge < -0.3 is 19.9 Å². The van der Waals surface area contributed by atoms with Crippen LogP contribution in [0, 0.1) is 0 Å². The van der Waals surface area contributed by atoms with E-state index in [0.717, 1.165) is 29.2 Å². The molecule has 1 rings (SSSR count). The van der Waals surface area contributed by atoms with Crippen LogP contribution in [-0.4, -0.2) is 32.5 Å². The molecule has 0 heterocycles. The molecule has 1 aromatic rings. The van der Waals surface area contributed by atoms with E-state index in [9.17, 15) is 0 Å². The topological polar surface area (TPSA) is 50.7 Å². The lowest BCUT2D eigenvalue weighted by molar-refractivity contribution is 0.310. The van der Waals surface area contributed by atoms with Crippen molar-refractivity contribution in [3.8, 4) is 11.5 Å². The zero-order valence-corrected chi connectivity index (χ0v) is 10.0. The number of methoxy groups -OCH3 is 2. The van der Waals surface area contributed by atoms with E-state index >= 15 is 0 Å². The van der Waals surface area contributed by atoms with E-state index in [-0.39, 0.29) is 6.61 Å². The summed E-state index contributed by atoms with van der Waals surface area (Å²) in [7, 11) is 3.28. The Morgan fingerprint density at radius 2 is 1.88 bits per heavy atom. The van der Waals surface area contributed by atoms with Crippen molar-refractivity contribution in [3.05, 3.63) is 17.7 Å². The van der Waals surface area contributed by atoms with Gasteiger partial charge >= 0.3 is 0 Å². The summed E-state index contributed by atoms with van der Waals surface area (Å²) in [4.78, 5) is 0. The van der Waals surface area contributed by atoms with Gasteiger partial charge in [-0.25, -0.2) is 0 Å². The highest BCUT2D eigenvalue weighted by Crippen LogP contribution is 2.32. The van der Waals surface area contributed by atoms with E-state index in [4.69, 9.17) is 14.6 Å². The first-order valence-electron chi connectivity index (χ1n) is 5.36. The lowest BCUT2D eigenvalue weighted by Crippen LogP contribution is -2.07. The Balaban J connectivity index is 3.05. The van der Waals surface area contributed by atoms with E-state index < -0.39 is 0 Å². The predicted octanol–water partition coefficient (Wildman–Crippen LogP) is 1.67. The summed E-state index contributed by atoms with van der Waals surface area (Å²) in [6.07, 6.45) is 0.889. The van der Waals surface area contributed by atoms with Crippen molar-refractivity contribution in [2.24, 2.45) is 0 Å². The van der Waals surface area contributed by atoms with Crippen LogP contribution in [0.3, 0.4) is 0 Å². The maximum atomic E-state index is 8.78. The van der Waals surface area contributed by atoms with Gasteiger partial charge in [0, 0.05) is 12.6 Å². The number of hydrogen-bond donors (Lipinski definition) is 2. The minimum atomic E-state index is 0.0843. The first kappa shape index (κ1) is 12.6. The van der Waals surface area contributed by atoms with Crippen LogP contribution in [0.4, 0.5) is 5.69 Å². The van der Waals surface area contributed by atoms with Gasteiger partial charge in [0.05, 0.1) is 26.5 Å². The maximum absolute atomic E-state index is 8.78. The monoisotopic (exact) mass is 225 g/mol. The summed E-state index contributed by atoms with van der Waals surface area (Å²) < 4.78 is 10.6. The summed E-state index contributed by atoms with van der Waals surface area (Å²) in [6.45, 7) is 2.64. The zero-order chi connectivity index (χ0) is 12.0. The Labute approximate surface area is 96.2 Å². The van der Waals surface area contributed by atoms with E-state index in [0.29, 0.717) is 6.54 Å². The molecule has 4 heteroatoms. The van der Waals surface area contributed by atoms with Crippen molar-refractivity contribution in [1.82, 2.24) is 0 Å². The molecule has 0 amide bonds. The van der Waals surface area contributed by atoms with Crippen molar-refractivity contribution < 1.29 is 14.6 Å². The van der Waals surface area contributed by atoms with Crippen LogP contribution in [0.15, 0.2) is 12.1 Å². The molecule has 0 aromatic heterocycles. The Hall–Kier alpha value is -1.42. The summed E-state index contributed by atoms with van der Waals surface area (Å²) in [5, 5.41) is 11.9. The molecule has 0 aliphatic rings. The molecule has 0 aliphatic carbocycles. The molecular weight excluding hydrogens is 206 g/mol. The number of anilines is 1. The third-order valence-corrected chi connectivity index (χ3v) is 2.41. The highest BCUT2D eigenvalue weighted by Gasteiger charge is 2.09. The third kappa shape index (κ3) is 2.79. The standard InChI is InChI=1S/C12H19NO3/c1-4-9-7-12(16-3)10(13-5-6-14)8-11(9)15-2/h7-8,13-14H,4-6H2,1-3H3. The molecule has 0 saturated carbocycles. The van der Waals surface area contributed by atoms with E-state index in [1.54, 1.807) is 14.2 Å². The number of aliphatic hydroxyl groups is 1. The molecule has 16 heavy (non-hydrogen) atoms. The van der Waals surface area contributed by atoms with E-state index in [2.05, 4.69) is 12.2 Å². The Morgan fingerprint density at radius 3 is 2.38 bits per heavy atom. The van der Waals surface area contributed by atoms with Crippen LogP contribution in [-0.2, 0) is 6.42 Å². The highest BCUT2D eigenvalue weighted by molar-refractivity contribution is 5.62. The fraction of sp³-hybridized carbons (Fsp3) is 0.500. The second-order valence-electron chi connectivity index (χ2n) is 3.37. The zero-order valence-electron chi connectivity index (χ0n) is 10.0. The molecule has 4 nitrogen and oxygen atoms in total. The van der Waals surface area contributed by atoms with Crippen LogP contribution >= 0.6 is 0 Å². The molecule has 0 radical (unpaired) electrons. The van der Waals surface area contributed by atoms with Crippen molar-refractivity contribution in [2.45, 2.75) is 13.3 Å². The normalized spacial score (nSPS) is 10.0. The lowest BCUT2D eigenvalue weighted by Gasteiger charge is -2.15. The summed E-state index contributed by atoms with van der Waals surface area (Å²) >= 11 is 0. The van der Waals surface area contributed by atoms with Crippen LogP contribution in [0.1, 0.15) is 12.5 Å². The van der Waals surface area contributed by atoms with Gasteiger partial charge in [-0.3, -0.25) is 0 Å². The van der Waals surface area contributed by atoms with E-state index in [1.165, 1.54) is 0 Å². The van der Waals surface area contributed by atoms with Gasteiger partial charge in [-0.05, 0) is 18.1 Å². The van der Waals surface area contributed by atoms with Gasteiger partial charge in [0.25, 0.3) is 0 Å². The van der Waals surface area contributed by atoms with Gasteiger partial charge in [0.1, 0.15) is 11.5 Å². The average Bonchev–Trinajstić information content (AvgIpc) is 2.35. The summed E-state index contributed by atoms with van der Waals surface area (Å²) in [5.41, 5.74) is 1.94. The fourth-order valence-electron chi connectivity index (χ4n) is 1.57. The number of rotatable bonds is 6. The number of nitrogens with one attached hydrogen (secondary N) is 1. The van der Waals surface area contributed by atoms with Gasteiger partial charge in [-0.15, -0.1) is 0 Å². The van der Waals surface area contributed by atoms with E-state index in [1.807, 2.05) is 12.1 Å². The van der Waals surface area contributed by atoms with Crippen LogP contribution in [0.2, 0.25) is 0 Å². The Bertz CT molecular complexity index is 339. The molecule has 0 spiro atoms. The Morgan fingerprint density at radius 1 is 1.19 bits per heavy atom. The molecule has 1 aromatic carbocycles. The number of aryl methyl sites for hydroxylation is 1. The van der Waals surface area contributed by atoms with Gasteiger partial charge in [0.2, 0.25) is 0 Å². The number of benzene rings is 1. The molecule has 0 saturated heterocycles. The second-order valence-corrected chi connectivity index (χ2v) is 3.37. The molecule has 0 bridgehead atoms. The van der Waals surface area contributed by atoms with Crippen LogP contribution in [0.5, 0.6) is 11.5 Å². The van der Waals surface area contributed by atoms with Gasteiger partial charge in [-0.1, -0.05) is 6.92 Å². The minimum Gasteiger partial charge on any atom is -0.496 e. The second kappa shape index (κ2) is 6.23. The summed E-state index contributed by atoms with van der Waals surface area (Å²) in [5.74, 6) is 1.61. The average molecular weight is 225 g/mol. The first-order valence-corrected chi connectivity index (χ1v) is 5.36. The molecule has 90 valence electrons. The predicted molar refractivity (Wildman–Crippen MR) is 64.5 cm³/mol. The van der Waals surface area contributed by atoms with Crippen LogP contribution in [0.25, 0.3) is 0 Å². The molecule has 2 N–H and O–H groups in total. The van der Waals surface area contributed by atoms with Crippen molar-refractivity contribution in [1.29, 1.82) is 0 Å². The van der Waals surface area contributed by atoms with Crippen molar-refractivity contribution >= 4 is 5.69 Å². The van der Waals surface area contributed by atoms with Gasteiger partial charge in [-0.2, -0.15) is 0 Å². The number of ether oxygens (including phenoxy) is 2. The molecule has 0 unspecified atom stereocenters. The SMILES string of the molecule is CCc1cc(OC)c(NCCO)cc1OC. The number of aliphatic hydroxyl groups excluding tert-OH is 1. The Kier molecular flexibility index (Phi) is 4.92. The third-order valence-electron chi connectivity index (χ3n) is 2.41. The molecular formula is C12H19NO3. The largest absolute Gasteiger partial charge is 0.496 e. The van der Waals surface area contributed by atoms with Crippen molar-refractivity contribution in [2.75, 3.05) is 32.7 Å². The number of hydrogen-bond acceptors (Lipinski definition) is 4. The summed E-state index contributed by atoms with van der Waals surface area (Å²) in [6, 6.07) is 3.85. The van der Waals surface area contributed by atoms with Crippen LogP contribution < -0.4 is 14.8 Å². The molecule has 0 aliphatic heterocycles. The first-order chi connectivity index (χ1) is 7.76. The van der Waals surface area contributed by atoms with Gasteiger partial charge in [0.15, 0.2) is 0 Å². The minimum absolute atomic E-state index is 0.0843. The maximum Gasteiger partial charge on any atom is 0.142 e. The molecule has 0 atom stereocenters. The van der Waals surface area contributed by atoms with Crippen molar-refractivity contribution in [3.63, 3.8) is 0 Å².